The molecule has 0 aliphatic carbocycles. The number of amides is 1. The minimum atomic E-state index is -0.829. The maximum atomic E-state index is 12.2. The molecular weight excluding hydrogens is 288 g/mol. The molecule has 0 aliphatic heterocycles. The largest absolute Gasteiger partial charge is 0.387 e. The average Bonchev–Trinajstić information content (AvgIpc) is 2.94. The molecule has 1 aromatic heterocycles. The number of aromatic nitrogens is 1. The number of nitrogens with one attached hydrogen (secondary N) is 1. The predicted octanol–water partition coefficient (Wildman–Crippen LogP) is 3.19. The third-order valence-corrected chi connectivity index (χ3v) is 3.63. The molecule has 0 radical (unpaired) electrons. The molecule has 1 aromatic carbocycles. The monoisotopic (exact) mass is 306 g/mol. The van der Waals surface area contributed by atoms with E-state index >= 15 is 0 Å². The van der Waals surface area contributed by atoms with E-state index in [1.54, 1.807) is 30.3 Å². The van der Waals surface area contributed by atoms with Crippen LogP contribution in [0.1, 0.15) is 42.0 Å². The summed E-state index contributed by atoms with van der Waals surface area (Å²) in [5, 5.41) is 13.3. The molecule has 0 fully saturated rings. The van der Waals surface area contributed by atoms with Crippen LogP contribution >= 0.6 is 11.6 Å². The second-order valence-corrected chi connectivity index (χ2v) is 5.55. The lowest BCUT2D eigenvalue weighted by Crippen LogP contribution is -2.30. The topological polar surface area (TPSA) is 54.3 Å². The summed E-state index contributed by atoms with van der Waals surface area (Å²) in [6, 6.07) is 10.9. The van der Waals surface area contributed by atoms with Gasteiger partial charge in [0.05, 0.1) is 6.10 Å². The summed E-state index contributed by atoms with van der Waals surface area (Å²) in [5.41, 5.74) is 1.19. The number of hydrogen-bond acceptors (Lipinski definition) is 2. The van der Waals surface area contributed by atoms with Crippen molar-refractivity contribution in [3.05, 3.63) is 58.9 Å². The van der Waals surface area contributed by atoms with Gasteiger partial charge in [0, 0.05) is 29.4 Å². The molecule has 0 bridgehead atoms. The zero-order chi connectivity index (χ0) is 15.4. The van der Waals surface area contributed by atoms with Crippen LogP contribution in [0.3, 0.4) is 0 Å². The van der Waals surface area contributed by atoms with Gasteiger partial charge in [0.15, 0.2) is 0 Å². The van der Waals surface area contributed by atoms with E-state index in [-0.39, 0.29) is 18.5 Å². The van der Waals surface area contributed by atoms with E-state index in [1.165, 1.54) is 0 Å². The molecule has 5 heteroatoms. The van der Waals surface area contributed by atoms with Crippen molar-refractivity contribution >= 4 is 17.5 Å². The summed E-state index contributed by atoms with van der Waals surface area (Å²) in [4.78, 5) is 12.2. The van der Waals surface area contributed by atoms with Crippen LogP contribution in [0.5, 0.6) is 0 Å². The molecule has 1 amide bonds. The van der Waals surface area contributed by atoms with E-state index in [1.807, 2.05) is 30.7 Å². The number of nitrogens with zero attached hydrogens (tertiary/aromatic N) is 1. The molecular formula is C16H19ClN2O2. The highest BCUT2D eigenvalue weighted by atomic mass is 35.5. The lowest BCUT2D eigenvalue weighted by atomic mass is 10.1. The Balaban J connectivity index is 2.01. The lowest BCUT2D eigenvalue weighted by molar-refractivity contribution is 0.0905. The molecule has 1 heterocycles. The zero-order valence-corrected chi connectivity index (χ0v) is 12.8. The van der Waals surface area contributed by atoms with Gasteiger partial charge in [-0.3, -0.25) is 4.79 Å². The van der Waals surface area contributed by atoms with E-state index in [2.05, 4.69) is 5.32 Å². The predicted molar refractivity (Wildman–Crippen MR) is 83.6 cm³/mol. The third kappa shape index (κ3) is 3.65. The third-order valence-electron chi connectivity index (χ3n) is 3.29. The number of rotatable bonds is 5. The van der Waals surface area contributed by atoms with Gasteiger partial charge in [-0.25, -0.2) is 0 Å². The number of carbonyl (C=O) groups is 1. The highest BCUT2D eigenvalue weighted by molar-refractivity contribution is 6.31. The minimum Gasteiger partial charge on any atom is -0.387 e. The first-order chi connectivity index (χ1) is 10.0. The summed E-state index contributed by atoms with van der Waals surface area (Å²) in [6.45, 7) is 4.14. The standard InChI is InChI=1S/C16H19ClN2O2/c1-11(2)19-9-5-8-14(19)16(21)18-10-15(20)12-6-3-4-7-13(12)17/h3-9,11,15,20H,10H2,1-2H3,(H,18,21). The summed E-state index contributed by atoms with van der Waals surface area (Å²) < 4.78 is 1.89. The normalized spacial score (nSPS) is 12.4. The first kappa shape index (κ1) is 15.6. The molecule has 2 N–H and O–H groups in total. The lowest BCUT2D eigenvalue weighted by Gasteiger charge is -2.16. The van der Waals surface area contributed by atoms with Crippen molar-refractivity contribution in [1.29, 1.82) is 0 Å². The minimum absolute atomic E-state index is 0.117. The van der Waals surface area contributed by atoms with E-state index in [4.69, 9.17) is 11.6 Å². The number of carbonyl (C=O) groups excluding carboxylic acids is 1. The highest BCUT2D eigenvalue weighted by Crippen LogP contribution is 2.22. The van der Waals surface area contributed by atoms with Crippen molar-refractivity contribution in [2.45, 2.75) is 26.0 Å². The molecule has 1 atom stereocenters. The Labute approximate surface area is 129 Å². The Kier molecular flexibility index (Phi) is 5.04. The van der Waals surface area contributed by atoms with Crippen LogP contribution in [0.2, 0.25) is 5.02 Å². The Bertz CT molecular complexity index is 622. The fourth-order valence-electron chi connectivity index (χ4n) is 2.17. The van der Waals surface area contributed by atoms with Crippen molar-refractivity contribution in [1.82, 2.24) is 9.88 Å². The first-order valence-electron chi connectivity index (χ1n) is 6.88. The Morgan fingerprint density at radius 2 is 2.00 bits per heavy atom. The highest BCUT2D eigenvalue weighted by Gasteiger charge is 2.16. The first-order valence-corrected chi connectivity index (χ1v) is 7.26. The maximum Gasteiger partial charge on any atom is 0.268 e. The van der Waals surface area contributed by atoms with Gasteiger partial charge in [0.2, 0.25) is 0 Å². The smallest absolute Gasteiger partial charge is 0.268 e. The quantitative estimate of drug-likeness (QED) is 0.891. The van der Waals surface area contributed by atoms with Crippen molar-refractivity contribution in [3.63, 3.8) is 0 Å². The van der Waals surface area contributed by atoms with Crippen LogP contribution in [0.15, 0.2) is 42.6 Å². The maximum absolute atomic E-state index is 12.2. The Hall–Kier alpha value is -1.78. The Morgan fingerprint density at radius 1 is 1.29 bits per heavy atom. The number of benzene rings is 1. The van der Waals surface area contributed by atoms with E-state index in [0.717, 1.165) is 0 Å². The summed E-state index contributed by atoms with van der Waals surface area (Å²) >= 11 is 6.02. The van der Waals surface area contributed by atoms with Gasteiger partial charge in [-0.15, -0.1) is 0 Å². The molecule has 4 nitrogen and oxygen atoms in total. The van der Waals surface area contributed by atoms with Gasteiger partial charge in [0.1, 0.15) is 5.69 Å². The molecule has 21 heavy (non-hydrogen) atoms. The van der Waals surface area contributed by atoms with Crippen LogP contribution in [0.4, 0.5) is 0 Å². The Morgan fingerprint density at radius 3 is 2.67 bits per heavy atom. The zero-order valence-electron chi connectivity index (χ0n) is 12.1. The number of aliphatic hydroxyl groups is 1. The van der Waals surface area contributed by atoms with Gasteiger partial charge >= 0.3 is 0 Å². The van der Waals surface area contributed by atoms with Crippen molar-refractivity contribution < 1.29 is 9.90 Å². The van der Waals surface area contributed by atoms with Crippen molar-refractivity contribution in [2.75, 3.05) is 6.54 Å². The van der Waals surface area contributed by atoms with Crippen LogP contribution in [0.25, 0.3) is 0 Å². The fourth-order valence-corrected chi connectivity index (χ4v) is 2.43. The van der Waals surface area contributed by atoms with E-state index in [0.29, 0.717) is 16.3 Å². The van der Waals surface area contributed by atoms with Crippen molar-refractivity contribution in [3.8, 4) is 0 Å². The molecule has 1 unspecified atom stereocenters. The van der Waals surface area contributed by atoms with Crippen molar-refractivity contribution in [2.24, 2.45) is 0 Å². The fraction of sp³-hybridized carbons (Fsp3) is 0.312. The molecule has 2 aromatic rings. The molecule has 0 saturated heterocycles. The molecule has 112 valence electrons. The number of halogens is 1. The van der Waals surface area contributed by atoms with Crippen LogP contribution in [0, 0.1) is 0 Å². The van der Waals surface area contributed by atoms with Crippen LogP contribution < -0.4 is 5.32 Å². The molecule has 0 aliphatic rings. The second-order valence-electron chi connectivity index (χ2n) is 5.14. The summed E-state index contributed by atoms with van der Waals surface area (Å²) in [6.07, 6.45) is 1.04. The molecule has 2 rings (SSSR count). The number of hydrogen-bond donors (Lipinski definition) is 2. The summed E-state index contributed by atoms with van der Waals surface area (Å²) in [7, 11) is 0. The molecule has 0 spiro atoms. The molecule has 0 saturated carbocycles. The van der Waals surface area contributed by atoms with Crippen LogP contribution in [-0.4, -0.2) is 22.1 Å². The van der Waals surface area contributed by atoms with E-state index < -0.39 is 6.10 Å². The average molecular weight is 307 g/mol. The van der Waals surface area contributed by atoms with Crippen LogP contribution in [-0.2, 0) is 0 Å². The second kappa shape index (κ2) is 6.78. The van der Waals surface area contributed by atoms with Gasteiger partial charge in [-0.1, -0.05) is 29.8 Å². The SMILES string of the molecule is CC(C)n1cccc1C(=O)NCC(O)c1ccccc1Cl. The van der Waals surface area contributed by atoms with Gasteiger partial charge in [0.25, 0.3) is 5.91 Å². The van der Waals surface area contributed by atoms with Gasteiger partial charge < -0.3 is 15.0 Å². The number of aliphatic hydroxyl groups excluding tert-OH is 1. The van der Waals surface area contributed by atoms with E-state index in [9.17, 15) is 9.90 Å². The van der Waals surface area contributed by atoms with Gasteiger partial charge in [-0.2, -0.15) is 0 Å². The summed E-state index contributed by atoms with van der Waals surface area (Å²) in [5.74, 6) is -0.209. The van der Waals surface area contributed by atoms with Gasteiger partial charge in [-0.05, 0) is 32.0 Å².